The summed E-state index contributed by atoms with van der Waals surface area (Å²) in [6.45, 7) is 7.44. The molecule has 1 atom stereocenters. The fraction of sp³-hybridized carbons (Fsp3) is 0.818. The first-order valence-electron chi connectivity index (χ1n) is 5.75. The van der Waals surface area contributed by atoms with Crippen molar-refractivity contribution in [1.82, 2.24) is 9.80 Å². The molecule has 1 unspecified atom stereocenters. The Morgan fingerprint density at radius 3 is 2.50 bits per heavy atom. The maximum absolute atomic E-state index is 11.6. The van der Waals surface area contributed by atoms with Crippen molar-refractivity contribution in [3.8, 4) is 0 Å². The van der Waals surface area contributed by atoms with Crippen LogP contribution in [0.1, 0.15) is 20.3 Å². The van der Waals surface area contributed by atoms with Crippen LogP contribution in [-0.4, -0.2) is 61.0 Å². The van der Waals surface area contributed by atoms with Gasteiger partial charge in [0, 0.05) is 19.1 Å². The van der Waals surface area contributed by atoms with Gasteiger partial charge in [0.15, 0.2) is 0 Å². The van der Waals surface area contributed by atoms with E-state index in [-0.39, 0.29) is 0 Å². The fourth-order valence-electron chi connectivity index (χ4n) is 2.18. The molecule has 1 heterocycles. The zero-order valence-corrected chi connectivity index (χ0v) is 10.2. The van der Waals surface area contributed by atoms with E-state index >= 15 is 0 Å². The molecule has 0 aromatic carbocycles. The van der Waals surface area contributed by atoms with E-state index in [4.69, 9.17) is 0 Å². The number of rotatable bonds is 3. The Labute approximate surface area is 96.3 Å². The van der Waals surface area contributed by atoms with Crippen LogP contribution in [0.25, 0.3) is 0 Å². The average molecular weight is 228 g/mol. The molecule has 16 heavy (non-hydrogen) atoms. The molecule has 1 aliphatic rings. The SMILES string of the molecule is CCN(CC)C1CCN(C(=O)C(=O)OC)C1. The van der Waals surface area contributed by atoms with Crippen molar-refractivity contribution in [2.75, 3.05) is 33.3 Å². The molecule has 1 fully saturated rings. The molecular formula is C11H20N2O3. The summed E-state index contributed by atoms with van der Waals surface area (Å²) in [4.78, 5) is 26.5. The van der Waals surface area contributed by atoms with Crippen LogP contribution in [0.2, 0.25) is 0 Å². The van der Waals surface area contributed by atoms with Crippen molar-refractivity contribution in [2.24, 2.45) is 0 Å². The van der Waals surface area contributed by atoms with E-state index in [1.807, 2.05) is 0 Å². The number of carbonyl (C=O) groups excluding carboxylic acids is 2. The molecule has 0 aliphatic carbocycles. The second-order valence-corrected chi connectivity index (χ2v) is 3.91. The number of likely N-dealkylation sites (N-methyl/N-ethyl adjacent to an activating group) is 1. The van der Waals surface area contributed by atoms with Crippen molar-refractivity contribution in [1.29, 1.82) is 0 Å². The number of nitrogens with zero attached hydrogens (tertiary/aromatic N) is 2. The zero-order valence-electron chi connectivity index (χ0n) is 10.2. The van der Waals surface area contributed by atoms with Gasteiger partial charge in [0.2, 0.25) is 0 Å². The maximum Gasteiger partial charge on any atom is 0.396 e. The molecule has 1 aliphatic heterocycles. The molecule has 5 heteroatoms. The topological polar surface area (TPSA) is 49.9 Å². The Morgan fingerprint density at radius 2 is 2.00 bits per heavy atom. The van der Waals surface area contributed by atoms with Crippen LogP contribution >= 0.6 is 0 Å². The second kappa shape index (κ2) is 5.84. The highest BCUT2D eigenvalue weighted by molar-refractivity contribution is 6.32. The van der Waals surface area contributed by atoms with E-state index in [0.29, 0.717) is 19.1 Å². The highest BCUT2D eigenvalue weighted by Gasteiger charge is 2.32. The number of esters is 1. The number of ether oxygens (including phenoxy) is 1. The van der Waals surface area contributed by atoms with Gasteiger partial charge >= 0.3 is 11.9 Å². The van der Waals surface area contributed by atoms with Crippen LogP contribution in [0.15, 0.2) is 0 Å². The van der Waals surface area contributed by atoms with E-state index in [9.17, 15) is 9.59 Å². The molecule has 0 aromatic rings. The summed E-state index contributed by atoms with van der Waals surface area (Å²) < 4.78 is 4.43. The molecule has 0 spiro atoms. The van der Waals surface area contributed by atoms with Gasteiger partial charge in [-0.25, -0.2) is 4.79 Å². The number of likely N-dealkylation sites (tertiary alicyclic amines) is 1. The third-order valence-corrected chi connectivity index (χ3v) is 3.14. The van der Waals surface area contributed by atoms with Crippen molar-refractivity contribution in [3.63, 3.8) is 0 Å². The van der Waals surface area contributed by atoms with Crippen molar-refractivity contribution >= 4 is 11.9 Å². The van der Waals surface area contributed by atoms with Crippen LogP contribution in [0.3, 0.4) is 0 Å². The van der Waals surface area contributed by atoms with E-state index in [1.54, 1.807) is 4.90 Å². The molecule has 0 aromatic heterocycles. The lowest BCUT2D eigenvalue weighted by Gasteiger charge is -2.25. The standard InChI is InChI=1S/C11H20N2O3/c1-4-12(5-2)9-6-7-13(8-9)10(14)11(15)16-3/h9H,4-8H2,1-3H3. The molecule has 0 bridgehead atoms. The maximum atomic E-state index is 11.6. The fourth-order valence-corrected chi connectivity index (χ4v) is 2.18. The molecule has 1 amide bonds. The first kappa shape index (κ1) is 13.0. The molecule has 5 nitrogen and oxygen atoms in total. The number of amides is 1. The third kappa shape index (κ3) is 2.72. The lowest BCUT2D eigenvalue weighted by molar-refractivity contribution is -0.157. The van der Waals surface area contributed by atoms with Crippen LogP contribution < -0.4 is 0 Å². The molecule has 0 saturated carbocycles. The molecule has 0 radical (unpaired) electrons. The van der Waals surface area contributed by atoms with E-state index < -0.39 is 11.9 Å². The molecule has 1 saturated heterocycles. The minimum atomic E-state index is -0.764. The van der Waals surface area contributed by atoms with Gasteiger partial charge in [-0.15, -0.1) is 0 Å². The molecular weight excluding hydrogens is 208 g/mol. The number of hydrogen-bond donors (Lipinski definition) is 0. The number of carbonyl (C=O) groups is 2. The predicted octanol–water partition coefficient (Wildman–Crippen LogP) is 0.102. The van der Waals surface area contributed by atoms with Gasteiger partial charge in [-0.05, 0) is 19.5 Å². The van der Waals surface area contributed by atoms with Crippen LogP contribution in [0.5, 0.6) is 0 Å². The summed E-state index contributed by atoms with van der Waals surface area (Å²) >= 11 is 0. The lowest BCUT2D eigenvalue weighted by atomic mass is 10.2. The van der Waals surface area contributed by atoms with Crippen LogP contribution in [0, 0.1) is 0 Å². The van der Waals surface area contributed by atoms with E-state index in [2.05, 4.69) is 23.5 Å². The van der Waals surface area contributed by atoms with Gasteiger partial charge in [0.05, 0.1) is 7.11 Å². The summed E-state index contributed by atoms with van der Waals surface area (Å²) in [5, 5.41) is 0. The molecule has 92 valence electrons. The predicted molar refractivity (Wildman–Crippen MR) is 59.9 cm³/mol. The van der Waals surface area contributed by atoms with Gasteiger partial charge in [0.25, 0.3) is 0 Å². The molecule has 1 rings (SSSR count). The summed E-state index contributed by atoms with van der Waals surface area (Å²) in [5.74, 6) is -1.28. The summed E-state index contributed by atoms with van der Waals surface area (Å²) in [6.07, 6.45) is 0.935. The molecule has 0 N–H and O–H groups in total. The van der Waals surface area contributed by atoms with Gasteiger partial charge in [-0.3, -0.25) is 9.69 Å². The van der Waals surface area contributed by atoms with E-state index in [0.717, 1.165) is 19.5 Å². The van der Waals surface area contributed by atoms with Gasteiger partial charge in [-0.2, -0.15) is 0 Å². The zero-order chi connectivity index (χ0) is 12.1. The van der Waals surface area contributed by atoms with Crippen LogP contribution in [-0.2, 0) is 14.3 Å². The van der Waals surface area contributed by atoms with Crippen molar-refractivity contribution < 1.29 is 14.3 Å². The Balaban J connectivity index is 2.52. The minimum Gasteiger partial charge on any atom is -0.462 e. The summed E-state index contributed by atoms with van der Waals surface area (Å²) in [5.41, 5.74) is 0. The van der Waals surface area contributed by atoms with Crippen molar-refractivity contribution in [2.45, 2.75) is 26.3 Å². The second-order valence-electron chi connectivity index (χ2n) is 3.91. The Hall–Kier alpha value is -1.10. The van der Waals surface area contributed by atoms with Gasteiger partial charge < -0.3 is 9.64 Å². The third-order valence-electron chi connectivity index (χ3n) is 3.14. The highest BCUT2D eigenvalue weighted by atomic mass is 16.5. The van der Waals surface area contributed by atoms with Gasteiger partial charge in [0.1, 0.15) is 0 Å². The Kier molecular flexibility index (Phi) is 4.73. The quantitative estimate of drug-likeness (QED) is 0.508. The lowest BCUT2D eigenvalue weighted by Crippen LogP contribution is -2.40. The largest absolute Gasteiger partial charge is 0.462 e. The first-order chi connectivity index (χ1) is 7.63. The van der Waals surface area contributed by atoms with E-state index in [1.165, 1.54) is 7.11 Å². The monoisotopic (exact) mass is 228 g/mol. The van der Waals surface area contributed by atoms with Gasteiger partial charge in [-0.1, -0.05) is 13.8 Å². The highest BCUT2D eigenvalue weighted by Crippen LogP contribution is 2.15. The summed E-state index contributed by atoms with van der Waals surface area (Å²) in [6, 6.07) is 0.378. The first-order valence-corrected chi connectivity index (χ1v) is 5.75. The Bertz CT molecular complexity index is 264. The minimum absolute atomic E-state index is 0.378. The van der Waals surface area contributed by atoms with Crippen LogP contribution in [0.4, 0.5) is 0 Å². The van der Waals surface area contributed by atoms with Crippen molar-refractivity contribution in [3.05, 3.63) is 0 Å². The Morgan fingerprint density at radius 1 is 1.38 bits per heavy atom. The summed E-state index contributed by atoms with van der Waals surface area (Å²) in [7, 11) is 1.23. The average Bonchev–Trinajstić information content (AvgIpc) is 2.78. The number of methoxy groups -OCH3 is 1. The number of hydrogen-bond acceptors (Lipinski definition) is 4. The smallest absolute Gasteiger partial charge is 0.396 e. The normalized spacial score (nSPS) is 20.2.